The fraction of sp³-hybridized carbons (Fsp3) is 0.294. The molecule has 5 nitrogen and oxygen atoms in total. The van der Waals surface area contributed by atoms with E-state index in [-0.39, 0.29) is 10.9 Å². The standard InChI is InChI=1S/C17H17N3O2S2/c1-12-5-2-6-13(11-12)15-8-4-10-20(15)24(21,22)16-9-3-7-14-17(16)19-23-18-14/h2-3,5-7,9,11,15H,4,8,10H2,1H3/t15-/m1/s1. The van der Waals surface area contributed by atoms with Crippen molar-refractivity contribution in [2.45, 2.75) is 30.7 Å². The molecule has 3 aromatic rings. The second-order valence-corrected chi connectivity index (χ2v) is 8.46. The van der Waals surface area contributed by atoms with E-state index in [9.17, 15) is 8.42 Å². The fourth-order valence-electron chi connectivity index (χ4n) is 3.35. The summed E-state index contributed by atoms with van der Waals surface area (Å²) in [6, 6.07) is 13.1. The maximum atomic E-state index is 13.3. The van der Waals surface area contributed by atoms with Gasteiger partial charge in [0.2, 0.25) is 10.0 Å². The van der Waals surface area contributed by atoms with E-state index < -0.39 is 10.0 Å². The fourth-order valence-corrected chi connectivity index (χ4v) is 5.79. The predicted molar refractivity (Wildman–Crippen MR) is 94.5 cm³/mol. The third-order valence-electron chi connectivity index (χ3n) is 4.47. The van der Waals surface area contributed by atoms with Crippen LogP contribution in [-0.2, 0) is 10.0 Å². The van der Waals surface area contributed by atoms with Crippen molar-refractivity contribution in [2.24, 2.45) is 0 Å². The van der Waals surface area contributed by atoms with E-state index in [4.69, 9.17) is 0 Å². The van der Waals surface area contributed by atoms with E-state index in [1.165, 1.54) is 0 Å². The van der Waals surface area contributed by atoms with Crippen molar-refractivity contribution in [3.05, 3.63) is 53.6 Å². The highest BCUT2D eigenvalue weighted by atomic mass is 32.2. The molecule has 1 atom stereocenters. The van der Waals surface area contributed by atoms with Crippen LogP contribution in [0.15, 0.2) is 47.4 Å². The van der Waals surface area contributed by atoms with Gasteiger partial charge in [-0.3, -0.25) is 0 Å². The number of aromatic nitrogens is 2. The molecule has 1 aliphatic heterocycles. The quantitative estimate of drug-likeness (QED) is 0.718. The average Bonchev–Trinajstić information content (AvgIpc) is 3.23. The van der Waals surface area contributed by atoms with Crippen LogP contribution in [0.25, 0.3) is 11.0 Å². The summed E-state index contributed by atoms with van der Waals surface area (Å²) in [7, 11) is -3.61. The minimum Gasteiger partial charge on any atom is -0.207 e. The first-order valence-corrected chi connectivity index (χ1v) is 10.0. The highest BCUT2D eigenvalue weighted by molar-refractivity contribution is 7.89. The van der Waals surface area contributed by atoms with Gasteiger partial charge >= 0.3 is 0 Å². The molecule has 7 heteroatoms. The van der Waals surface area contributed by atoms with E-state index in [0.29, 0.717) is 17.6 Å². The number of rotatable bonds is 3. The van der Waals surface area contributed by atoms with Crippen LogP contribution in [0.5, 0.6) is 0 Å². The van der Waals surface area contributed by atoms with Gasteiger partial charge in [0, 0.05) is 6.54 Å². The molecule has 0 amide bonds. The topological polar surface area (TPSA) is 63.2 Å². The Morgan fingerprint density at radius 1 is 1.17 bits per heavy atom. The number of sulfonamides is 1. The Labute approximate surface area is 145 Å². The summed E-state index contributed by atoms with van der Waals surface area (Å²) >= 11 is 1.04. The van der Waals surface area contributed by atoms with Gasteiger partial charge in [0.1, 0.15) is 15.9 Å². The Morgan fingerprint density at radius 3 is 2.83 bits per heavy atom. The molecule has 0 radical (unpaired) electrons. The molecule has 0 saturated carbocycles. The predicted octanol–water partition coefficient (Wildman–Crippen LogP) is 3.53. The summed E-state index contributed by atoms with van der Waals surface area (Å²) in [6.45, 7) is 2.56. The van der Waals surface area contributed by atoms with Crippen LogP contribution in [0.1, 0.15) is 30.0 Å². The summed E-state index contributed by atoms with van der Waals surface area (Å²) in [4.78, 5) is 0.258. The molecule has 1 saturated heterocycles. The average molecular weight is 359 g/mol. The molecule has 0 unspecified atom stereocenters. The third kappa shape index (κ3) is 2.53. The zero-order valence-corrected chi connectivity index (χ0v) is 14.8. The van der Waals surface area contributed by atoms with Gasteiger partial charge in [-0.1, -0.05) is 35.9 Å². The summed E-state index contributed by atoms with van der Waals surface area (Å²) in [5.74, 6) is 0. The SMILES string of the molecule is Cc1cccc([C@H]2CCCN2S(=O)(=O)c2cccc3nsnc23)c1. The van der Waals surface area contributed by atoms with Crippen LogP contribution in [0.4, 0.5) is 0 Å². The lowest BCUT2D eigenvalue weighted by atomic mass is 10.0. The monoisotopic (exact) mass is 359 g/mol. The molecule has 0 N–H and O–H groups in total. The minimum atomic E-state index is -3.61. The first-order valence-electron chi connectivity index (χ1n) is 7.87. The molecule has 0 aliphatic carbocycles. The van der Waals surface area contributed by atoms with Gasteiger partial charge in [-0.25, -0.2) is 8.42 Å². The number of hydrogen-bond acceptors (Lipinski definition) is 5. The Balaban J connectivity index is 1.80. The molecular formula is C17H17N3O2S2. The lowest BCUT2D eigenvalue weighted by Gasteiger charge is -2.24. The molecule has 4 rings (SSSR count). The normalized spacial score (nSPS) is 19.1. The number of nitrogens with zero attached hydrogens (tertiary/aromatic N) is 3. The number of aryl methyl sites for hydroxylation is 1. The minimum absolute atomic E-state index is 0.114. The molecule has 0 bridgehead atoms. The van der Waals surface area contributed by atoms with Crippen molar-refractivity contribution in [2.75, 3.05) is 6.54 Å². The number of fused-ring (bicyclic) bond motifs is 1. The van der Waals surface area contributed by atoms with Gasteiger partial charge in [0.05, 0.1) is 17.8 Å². The molecule has 1 aliphatic rings. The lowest BCUT2D eigenvalue weighted by molar-refractivity contribution is 0.397. The molecule has 1 fully saturated rings. The Morgan fingerprint density at radius 2 is 2.00 bits per heavy atom. The maximum Gasteiger partial charge on any atom is 0.245 e. The van der Waals surface area contributed by atoms with Crippen molar-refractivity contribution < 1.29 is 8.42 Å². The Bertz CT molecular complexity index is 998. The summed E-state index contributed by atoms with van der Waals surface area (Å²) in [5.41, 5.74) is 3.30. The smallest absolute Gasteiger partial charge is 0.207 e. The van der Waals surface area contributed by atoms with Crippen LogP contribution in [0.3, 0.4) is 0 Å². The molecule has 1 aromatic heterocycles. The van der Waals surface area contributed by atoms with Crippen molar-refractivity contribution in [1.82, 2.24) is 13.1 Å². The van der Waals surface area contributed by atoms with Crippen LogP contribution >= 0.6 is 11.7 Å². The number of benzene rings is 2. The third-order valence-corrected chi connectivity index (χ3v) is 6.95. The van der Waals surface area contributed by atoms with E-state index in [2.05, 4.69) is 14.8 Å². The molecule has 2 heterocycles. The van der Waals surface area contributed by atoms with Crippen molar-refractivity contribution in [3.8, 4) is 0 Å². The zero-order chi connectivity index (χ0) is 16.7. The first kappa shape index (κ1) is 15.7. The van der Waals surface area contributed by atoms with E-state index in [0.717, 1.165) is 35.7 Å². The van der Waals surface area contributed by atoms with Crippen molar-refractivity contribution >= 4 is 32.8 Å². The highest BCUT2D eigenvalue weighted by Gasteiger charge is 2.37. The Kier molecular flexibility index (Phi) is 3.86. The van der Waals surface area contributed by atoms with Gasteiger partial charge in [0.25, 0.3) is 0 Å². The molecule has 24 heavy (non-hydrogen) atoms. The van der Waals surface area contributed by atoms with Crippen molar-refractivity contribution in [3.63, 3.8) is 0 Å². The largest absolute Gasteiger partial charge is 0.245 e. The van der Waals surface area contributed by atoms with Gasteiger partial charge < -0.3 is 0 Å². The summed E-state index contributed by atoms with van der Waals surface area (Å²) in [5, 5.41) is 0. The van der Waals surface area contributed by atoms with E-state index >= 15 is 0 Å². The highest BCUT2D eigenvalue weighted by Crippen LogP contribution is 2.38. The van der Waals surface area contributed by atoms with Gasteiger partial charge in [-0.05, 0) is 37.5 Å². The summed E-state index contributed by atoms with van der Waals surface area (Å²) < 4.78 is 36.5. The second kappa shape index (κ2) is 5.91. The summed E-state index contributed by atoms with van der Waals surface area (Å²) in [6.07, 6.45) is 1.71. The lowest BCUT2D eigenvalue weighted by Crippen LogP contribution is -2.30. The number of hydrogen-bond donors (Lipinski definition) is 0. The van der Waals surface area contributed by atoms with Gasteiger partial charge in [-0.15, -0.1) is 0 Å². The van der Waals surface area contributed by atoms with Crippen LogP contribution in [-0.4, -0.2) is 28.0 Å². The van der Waals surface area contributed by atoms with Crippen molar-refractivity contribution in [1.29, 1.82) is 0 Å². The zero-order valence-electron chi connectivity index (χ0n) is 13.2. The second-order valence-electron chi connectivity index (χ2n) is 6.08. The molecule has 2 aromatic carbocycles. The van der Waals surface area contributed by atoms with E-state index in [1.807, 2.05) is 25.1 Å². The maximum absolute atomic E-state index is 13.3. The van der Waals surface area contributed by atoms with E-state index in [1.54, 1.807) is 22.5 Å². The molecular weight excluding hydrogens is 342 g/mol. The van der Waals surface area contributed by atoms with Gasteiger partial charge in [0.15, 0.2) is 0 Å². The van der Waals surface area contributed by atoms with Gasteiger partial charge in [-0.2, -0.15) is 13.1 Å². The van der Waals surface area contributed by atoms with Crippen LogP contribution in [0.2, 0.25) is 0 Å². The van der Waals surface area contributed by atoms with Crippen LogP contribution in [0, 0.1) is 6.92 Å². The molecule has 124 valence electrons. The Hall–Kier alpha value is -1.83. The first-order chi connectivity index (χ1) is 11.6. The van der Waals surface area contributed by atoms with Crippen LogP contribution < -0.4 is 0 Å². The molecule has 0 spiro atoms.